The van der Waals surface area contributed by atoms with Gasteiger partial charge in [-0.1, -0.05) is 18.2 Å². The molecule has 1 radical (unpaired) electrons. The fourth-order valence-corrected chi connectivity index (χ4v) is 1.34. The van der Waals surface area contributed by atoms with Crippen molar-refractivity contribution in [2.75, 3.05) is 0 Å². The zero-order valence-corrected chi connectivity index (χ0v) is 7.77. The van der Waals surface area contributed by atoms with Crippen molar-refractivity contribution in [2.24, 2.45) is 0 Å². The minimum Gasteiger partial charge on any atom is -0.283 e. The molecule has 0 N–H and O–H groups in total. The first-order valence-corrected chi connectivity index (χ1v) is 4.31. The molecule has 0 fully saturated rings. The van der Waals surface area contributed by atoms with Gasteiger partial charge in [-0.3, -0.25) is 4.79 Å². The average Bonchev–Trinajstić information content (AvgIpc) is 2.61. The van der Waals surface area contributed by atoms with Crippen molar-refractivity contribution >= 4 is 6.29 Å². The highest BCUT2D eigenvalue weighted by Crippen LogP contribution is 2.10. The van der Waals surface area contributed by atoms with E-state index < -0.39 is 0 Å². The Morgan fingerprint density at radius 2 is 2.00 bits per heavy atom. The maximum Gasteiger partial charge on any atom is 0.253 e. The van der Waals surface area contributed by atoms with E-state index >= 15 is 0 Å². The van der Waals surface area contributed by atoms with Gasteiger partial charge in [-0.25, -0.2) is 4.68 Å². The lowest BCUT2D eigenvalue weighted by atomic mass is 10.3. The lowest BCUT2D eigenvalue weighted by Gasteiger charge is -2.01. The molecular formula is C11H9N2O. The van der Waals surface area contributed by atoms with Crippen LogP contribution in [0.5, 0.6) is 0 Å². The first-order valence-electron chi connectivity index (χ1n) is 4.31. The topological polar surface area (TPSA) is 34.9 Å². The lowest BCUT2D eigenvalue weighted by molar-refractivity contribution is 0.559. The molecule has 0 amide bonds. The highest BCUT2D eigenvalue weighted by Gasteiger charge is 2.05. The molecule has 3 nitrogen and oxygen atoms in total. The van der Waals surface area contributed by atoms with E-state index in [9.17, 15) is 4.79 Å². The van der Waals surface area contributed by atoms with Crippen molar-refractivity contribution in [1.82, 2.24) is 9.78 Å². The number of aromatic nitrogens is 2. The third-order valence-corrected chi connectivity index (χ3v) is 1.94. The fraction of sp³-hybridized carbons (Fsp3) is 0.0909. The molecule has 1 aromatic carbocycles. The van der Waals surface area contributed by atoms with Crippen molar-refractivity contribution in [3.05, 3.63) is 47.8 Å². The highest BCUT2D eigenvalue weighted by atomic mass is 16.1. The third kappa shape index (κ3) is 1.44. The van der Waals surface area contributed by atoms with Crippen LogP contribution in [0.1, 0.15) is 11.4 Å². The highest BCUT2D eigenvalue weighted by molar-refractivity contribution is 5.74. The van der Waals surface area contributed by atoms with Crippen LogP contribution in [0.4, 0.5) is 0 Å². The number of aryl methyl sites for hydroxylation is 1. The van der Waals surface area contributed by atoms with E-state index in [-0.39, 0.29) is 0 Å². The van der Waals surface area contributed by atoms with Crippen LogP contribution in [0.3, 0.4) is 0 Å². The molecule has 0 aliphatic heterocycles. The molecule has 2 rings (SSSR count). The Kier molecular flexibility index (Phi) is 2.14. The Labute approximate surface area is 82.0 Å². The minimum absolute atomic E-state index is 0.453. The zero-order valence-electron chi connectivity index (χ0n) is 7.77. The Balaban J connectivity index is 2.56. The van der Waals surface area contributed by atoms with Crippen LogP contribution < -0.4 is 0 Å². The van der Waals surface area contributed by atoms with Gasteiger partial charge in [0.25, 0.3) is 6.29 Å². The van der Waals surface area contributed by atoms with E-state index in [4.69, 9.17) is 0 Å². The number of nitrogens with zero attached hydrogens (tertiary/aromatic N) is 2. The normalized spacial score (nSPS) is 10.1. The Morgan fingerprint density at radius 3 is 2.64 bits per heavy atom. The molecule has 3 heteroatoms. The SMILES string of the molecule is Cc1cc([C]=O)n(-c2ccccc2)n1. The first kappa shape index (κ1) is 8.69. The molecule has 0 spiro atoms. The molecule has 0 saturated heterocycles. The van der Waals surface area contributed by atoms with Gasteiger partial charge in [0, 0.05) is 0 Å². The predicted molar refractivity (Wildman–Crippen MR) is 53.1 cm³/mol. The molecule has 0 aliphatic carbocycles. The Morgan fingerprint density at radius 1 is 1.29 bits per heavy atom. The van der Waals surface area contributed by atoms with Gasteiger partial charge in [-0.2, -0.15) is 5.10 Å². The molecule has 0 saturated carbocycles. The first-order chi connectivity index (χ1) is 6.81. The smallest absolute Gasteiger partial charge is 0.253 e. The molecule has 1 heterocycles. The van der Waals surface area contributed by atoms with Crippen LogP contribution in [-0.2, 0) is 4.79 Å². The number of rotatable bonds is 2. The molecule has 0 aliphatic rings. The summed E-state index contributed by atoms with van der Waals surface area (Å²) in [4.78, 5) is 10.6. The van der Waals surface area contributed by atoms with Gasteiger partial charge >= 0.3 is 0 Å². The summed E-state index contributed by atoms with van der Waals surface area (Å²) >= 11 is 0. The maximum atomic E-state index is 10.6. The summed E-state index contributed by atoms with van der Waals surface area (Å²) in [5.74, 6) is 0. The van der Waals surface area contributed by atoms with Gasteiger partial charge in [0.15, 0.2) is 0 Å². The zero-order chi connectivity index (χ0) is 9.97. The summed E-state index contributed by atoms with van der Waals surface area (Å²) in [5, 5.41) is 4.21. The molecule has 2 aromatic rings. The molecule has 0 atom stereocenters. The Bertz CT molecular complexity index is 446. The summed E-state index contributed by atoms with van der Waals surface area (Å²) in [6, 6.07) is 11.2. The summed E-state index contributed by atoms with van der Waals surface area (Å²) in [7, 11) is 0. The molecule has 1 aromatic heterocycles. The summed E-state index contributed by atoms with van der Waals surface area (Å²) in [6.45, 7) is 1.85. The molecule has 0 unspecified atom stereocenters. The average molecular weight is 185 g/mol. The second kappa shape index (κ2) is 3.46. The van der Waals surface area contributed by atoms with Gasteiger partial charge in [0.05, 0.1) is 11.4 Å². The van der Waals surface area contributed by atoms with Crippen LogP contribution in [0.15, 0.2) is 36.4 Å². The maximum absolute atomic E-state index is 10.6. The summed E-state index contributed by atoms with van der Waals surface area (Å²) < 4.78 is 1.59. The van der Waals surface area contributed by atoms with Crippen molar-refractivity contribution in [2.45, 2.75) is 6.92 Å². The third-order valence-electron chi connectivity index (χ3n) is 1.94. The minimum atomic E-state index is 0.453. The summed E-state index contributed by atoms with van der Waals surface area (Å²) in [5.41, 5.74) is 2.14. The Hall–Kier alpha value is -1.90. The number of carbonyl (C=O) groups excluding carboxylic acids is 1. The van der Waals surface area contributed by atoms with Gasteiger partial charge in [-0.15, -0.1) is 0 Å². The number of benzene rings is 1. The summed E-state index contributed by atoms with van der Waals surface area (Å²) in [6.07, 6.45) is 1.87. The molecule has 14 heavy (non-hydrogen) atoms. The van der Waals surface area contributed by atoms with E-state index in [1.165, 1.54) is 0 Å². The molecule has 69 valence electrons. The van der Waals surface area contributed by atoms with E-state index in [0.29, 0.717) is 5.69 Å². The fourth-order valence-electron chi connectivity index (χ4n) is 1.34. The van der Waals surface area contributed by atoms with Crippen molar-refractivity contribution < 1.29 is 4.79 Å². The van der Waals surface area contributed by atoms with E-state index in [1.54, 1.807) is 10.7 Å². The van der Waals surface area contributed by atoms with Crippen LogP contribution >= 0.6 is 0 Å². The van der Waals surface area contributed by atoms with E-state index in [0.717, 1.165) is 11.4 Å². The monoisotopic (exact) mass is 185 g/mol. The van der Waals surface area contributed by atoms with Crippen LogP contribution in [-0.4, -0.2) is 16.1 Å². The van der Waals surface area contributed by atoms with Crippen LogP contribution in [0.2, 0.25) is 0 Å². The predicted octanol–water partition coefficient (Wildman–Crippen LogP) is 1.64. The van der Waals surface area contributed by atoms with Gasteiger partial charge in [0.2, 0.25) is 0 Å². The largest absolute Gasteiger partial charge is 0.283 e. The molecular weight excluding hydrogens is 176 g/mol. The van der Waals surface area contributed by atoms with E-state index in [1.807, 2.05) is 43.5 Å². The van der Waals surface area contributed by atoms with Gasteiger partial charge in [0.1, 0.15) is 5.69 Å². The van der Waals surface area contributed by atoms with Crippen molar-refractivity contribution in [3.8, 4) is 5.69 Å². The van der Waals surface area contributed by atoms with Crippen LogP contribution in [0, 0.1) is 6.92 Å². The van der Waals surface area contributed by atoms with E-state index in [2.05, 4.69) is 5.10 Å². The number of para-hydroxylation sites is 1. The number of hydrogen-bond donors (Lipinski definition) is 0. The quantitative estimate of drug-likeness (QED) is 0.712. The lowest BCUT2D eigenvalue weighted by Crippen LogP contribution is -2.00. The standard InChI is InChI=1S/C11H9N2O/c1-9-7-11(8-14)13(12-9)10-5-3-2-4-6-10/h2-7H,1H3. The number of hydrogen-bond acceptors (Lipinski definition) is 2. The second-order valence-corrected chi connectivity index (χ2v) is 3.02. The van der Waals surface area contributed by atoms with Crippen LogP contribution in [0.25, 0.3) is 5.69 Å². The molecule has 0 bridgehead atoms. The van der Waals surface area contributed by atoms with Crippen molar-refractivity contribution in [3.63, 3.8) is 0 Å². The van der Waals surface area contributed by atoms with Crippen molar-refractivity contribution in [1.29, 1.82) is 0 Å². The van der Waals surface area contributed by atoms with Gasteiger partial charge in [-0.05, 0) is 25.1 Å². The van der Waals surface area contributed by atoms with Gasteiger partial charge < -0.3 is 0 Å². The second-order valence-electron chi connectivity index (χ2n) is 3.02.